The second kappa shape index (κ2) is 3.46. The Kier molecular flexibility index (Phi) is 2.71. The summed E-state index contributed by atoms with van der Waals surface area (Å²) in [4.78, 5) is 6.31. The summed E-state index contributed by atoms with van der Waals surface area (Å²) in [5.41, 5.74) is 0.127. The summed E-state index contributed by atoms with van der Waals surface area (Å²) >= 11 is 0. The predicted molar refractivity (Wildman–Crippen MR) is 50.3 cm³/mol. The molecule has 74 valence electrons. The van der Waals surface area contributed by atoms with Crippen LogP contribution in [0.4, 0.5) is 0 Å². The van der Waals surface area contributed by atoms with Gasteiger partial charge in [0.25, 0.3) is 0 Å². The van der Waals surface area contributed by atoms with Crippen LogP contribution in [0.3, 0.4) is 0 Å². The van der Waals surface area contributed by atoms with Crippen LogP contribution in [-0.2, 0) is 6.54 Å². The minimum Gasteiger partial charge on any atom is -0.338 e. The summed E-state index contributed by atoms with van der Waals surface area (Å²) in [5, 5.41) is 3.74. The maximum atomic E-state index is 5.03. The van der Waals surface area contributed by atoms with Crippen LogP contribution in [0.2, 0.25) is 0 Å². The monoisotopic (exact) mass is 183 g/mol. The van der Waals surface area contributed by atoms with E-state index in [2.05, 4.69) is 35.8 Å². The molecular weight excluding hydrogens is 166 g/mol. The molecule has 0 spiro atoms. The van der Waals surface area contributed by atoms with Crippen molar-refractivity contribution in [3.63, 3.8) is 0 Å². The van der Waals surface area contributed by atoms with Gasteiger partial charge in [0.2, 0.25) is 5.89 Å². The highest BCUT2D eigenvalue weighted by molar-refractivity contribution is 4.85. The Hall–Kier alpha value is -0.900. The molecule has 0 N–H and O–H groups in total. The molecule has 1 aromatic rings. The summed E-state index contributed by atoms with van der Waals surface area (Å²) in [5.74, 6) is 1.37. The molecule has 0 fully saturated rings. The minimum atomic E-state index is 0.127. The molecule has 0 amide bonds. The largest absolute Gasteiger partial charge is 0.338 e. The maximum Gasteiger partial charge on any atom is 0.240 e. The van der Waals surface area contributed by atoms with Crippen molar-refractivity contribution >= 4 is 0 Å². The quantitative estimate of drug-likeness (QED) is 0.698. The predicted octanol–water partition coefficient (Wildman–Crippen LogP) is 1.61. The summed E-state index contributed by atoms with van der Waals surface area (Å²) in [7, 11) is 2.04. The molecule has 0 aliphatic heterocycles. The van der Waals surface area contributed by atoms with Crippen LogP contribution < -0.4 is 0 Å². The van der Waals surface area contributed by atoms with Crippen molar-refractivity contribution < 1.29 is 4.52 Å². The molecule has 0 aromatic carbocycles. The van der Waals surface area contributed by atoms with Crippen molar-refractivity contribution in [1.29, 1.82) is 0 Å². The van der Waals surface area contributed by atoms with Crippen molar-refractivity contribution in [3.05, 3.63) is 11.7 Å². The fourth-order valence-corrected chi connectivity index (χ4v) is 0.844. The zero-order valence-electron chi connectivity index (χ0n) is 8.96. The van der Waals surface area contributed by atoms with Gasteiger partial charge in [-0.05, 0) is 34.7 Å². The van der Waals surface area contributed by atoms with Gasteiger partial charge in [0, 0.05) is 5.54 Å². The fraction of sp³-hybridized carbons (Fsp3) is 0.778. The van der Waals surface area contributed by atoms with E-state index in [1.54, 1.807) is 0 Å². The molecule has 13 heavy (non-hydrogen) atoms. The van der Waals surface area contributed by atoms with E-state index < -0.39 is 0 Å². The molecule has 4 heteroatoms. The van der Waals surface area contributed by atoms with Gasteiger partial charge in [-0.2, -0.15) is 4.98 Å². The number of hydrogen-bond acceptors (Lipinski definition) is 4. The SMILES string of the molecule is Cc1noc(CN(C)C(C)(C)C)n1. The fourth-order valence-electron chi connectivity index (χ4n) is 0.844. The first-order chi connectivity index (χ1) is 5.89. The van der Waals surface area contributed by atoms with E-state index in [9.17, 15) is 0 Å². The van der Waals surface area contributed by atoms with Gasteiger partial charge >= 0.3 is 0 Å². The van der Waals surface area contributed by atoms with E-state index in [4.69, 9.17) is 4.52 Å². The first-order valence-electron chi connectivity index (χ1n) is 4.40. The second-order valence-electron chi connectivity index (χ2n) is 4.26. The third-order valence-electron chi connectivity index (χ3n) is 2.09. The van der Waals surface area contributed by atoms with Crippen LogP contribution in [-0.4, -0.2) is 27.6 Å². The second-order valence-corrected chi connectivity index (χ2v) is 4.26. The Morgan fingerprint density at radius 1 is 1.38 bits per heavy atom. The molecule has 0 radical (unpaired) electrons. The Morgan fingerprint density at radius 3 is 2.38 bits per heavy atom. The first-order valence-corrected chi connectivity index (χ1v) is 4.40. The Balaban J connectivity index is 2.60. The van der Waals surface area contributed by atoms with Crippen molar-refractivity contribution in [2.24, 2.45) is 0 Å². The molecule has 1 rings (SSSR count). The molecule has 0 saturated heterocycles. The summed E-state index contributed by atoms with van der Waals surface area (Å²) in [6.45, 7) is 8.97. The van der Waals surface area contributed by atoms with Crippen LogP contribution in [0.5, 0.6) is 0 Å². The third kappa shape index (κ3) is 2.81. The van der Waals surface area contributed by atoms with E-state index in [0.29, 0.717) is 18.3 Å². The average molecular weight is 183 g/mol. The zero-order chi connectivity index (χ0) is 10.1. The van der Waals surface area contributed by atoms with Crippen LogP contribution in [0.1, 0.15) is 32.5 Å². The van der Waals surface area contributed by atoms with E-state index in [1.807, 2.05) is 14.0 Å². The molecule has 0 aliphatic carbocycles. The number of aromatic nitrogens is 2. The van der Waals surface area contributed by atoms with Gasteiger partial charge < -0.3 is 4.52 Å². The highest BCUT2D eigenvalue weighted by atomic mass is 16.5. The van der Waals surface area contributed by atoms with Gasteiger partial charge in [-0.25, -0.2) is 0 Å². The molecule has 0 aliphatic rings. The summed E-state index contributed by atoms with van der Waals surface area (Å²) in [6, 6.07) is 0. The van der Waals surface area contributed by atoms with Gasteiger partial charge in [0.05, 0.1) is 6.54 Å². The topological polar surface area (TPSA) is 42.2 Å². The molecular formula is C9H17N3O. The van der Waals surface area contributed by atoms with Gasteiger partial charge in [-0.15, -0.1) is 0 Å². The van der Waals surface area contributed by atoms with Gasteiger partial charge in [0.1, 0.15) is 0 Å². The molecule has 1 aromatic heterocycles. The average Bonchev–Trinajstić information content (AvgIpc) is 2.33. The van der Waals surface area contributed by atoms with Gasteiger partial charge in [-0.3, -0.25) is 4.90 Å². The van der Waals surface area contributed by atoms with Crippen molar-refractivity contribution in [2.75, 3.05) is 7.05 Å². The highest BCUT2D eigenvalue weighted by Crippen LogP contribution is 2.13. The van der Waals surface area contributed by atoms with E-state index >= 15 is 0 Å². The number of nitrogens with zero attached hydrogens (tertiary/aromatic N) is 3. The van der Waals surface area contributed by atoms with Crippen LogP contribution in [0.25, 0.3) is 0 Å². The summed E-state index contributed by atoms with van der Waals surface area (Å²) in [6.07, 6.45) is 0. The molecule has 0 unspecified atom stereocenters. The standard InChI is InChI=1S/C9H17N3O/c1-7-10-8(13-11-7)6-12(5)9(2,3)4/h6H2,1-5H3. The molecule has 0 atom stereocenters. The van der Waals surface area contributed by atoms with E-state index in [-0.39, 0.29) is 5.54 Å². The Morgan fingerprint density at radius 2 is 2.00 bits per heavy atom. The summed E-state index contributed by atoms with van der Waals surface area (Å²) < 4.78 is 5.03. The van der Waals surface area contributed by atoms with Gasteiger partial charge in [0.15, 0.2) is 5.82 Å². The minimum absolute atomic E-state index is 0.127. The third-order valence-corrected chi connectivity index (χ3v) is 2.09. The van der Waals surface area contributed by atoms with Crippen molar-refractivity contribution in [1.82, 2.24) is 15.0 Å². The van der Waals surface area contributed by atoms with E-state index in [0.717, 1.165) is 0 Å². The highest BCUT2D eigenvalue weighted by Gasteiger charge is 2.19. The van der Waals surface area contributed by atoms with Gasteiger partial charge in [-0.1, -0.05) is 5.16 Å². The van der Waals surface area contributed by atoms with Crippen LogP contribution in [0, 0.1) is 6.92 Å². The Labute approximate surface area is 78.9 Å². The lowest BCUT2D eigenvalue weighted by atomic mass is 10.1. The number of hydrogen-bond donors (Lipinski definition) is 0. The number of rotatable bonds is 2. The normalized spacial score (nSPS) is 12.5. The maximum absolute atomic E-state index is 5.03. The van der Waals surface area contributed by atoms with Crippen molar-refractivity contribution in [3.8, 4) is 0 Å². The molecule has 0 saturated carbocycles. The lowest BCUT2D eigenvalue weighted by Crippen LogP contribution is -2.37. The van der Waals surface area contributed by atoms with Crippen LogP contribution >= 0.6 is 0 Å². The molecule has 0 bridgehead atoms. The Bertz CT molecular complexity index is 275. The van der Waals surface area contributed by atoms with Crippen LogP contribution in [0.15, 0.2) is 4.52 Å². The lowest BCUT2D eigenvalue weighted by molar-refractivity contribution is 0.147. The number of aryl methyl sites for hydroxylation is 1. The molecule has 4 nitrogen and oxygen atoms in total. The zero-order valence-corrected chi connectivity index (χ0v) is 8.96. The smallest absolute Gasteiger partial charge is 0.240 e. The first kappa shape index (κ1) is 10.2. The van der Waals surface area contributed by atoms with E-state index in [1.165, 1.54) is 0 Å². The lowest BCUT2D eigenvalue weighted by Gasteiger charge is -2.30. The molecule has 1 heterocycles. The van der Waals surface area contributed by atoms with Crippen molar-refractivity contribution in [2.45, 2.75) is 39.8 Å².